The molecule has 0 amide bonds. The zero-order valence-corrected chi connectivity index (χ0v) is 13.5. The third kappa shape index (κ3) is 6.29. The lowest BCUT2D eigenvalue weighted by molar-refractivity contribution is 0.0699. The number of rotatable bonds is 10. The maximum atomic E-state index is 12.1. The van der Waals surface area contributed by atoms with E-state index in [1.54, 1.807) is 13.2 Å². The molecule has 0 fully saturated rings. The van der Waals surface area contributed by atoms with Crippen LogP contribution in [0.15, 0.2) is 23.1 Å². The van der Waals surface area contributed by atoms with Crippen molar-refractivity contribution in [2.75, 3.05) is 33.5 Å². The predicted octanol–water partition coefficient (Wildman–Crippen LogP) is 1.13. The Morgan fingerprint density at radius 3 is 2.67 bits per heavy atom. The van der Waals surface area contributed by atoms with Crippen LogP contribution in [-0.4, -0.2) is 41.9 Å². The van der Waals surface area contributed by atoms with Gasteiger partial charge in [-0.1, -0.05) is 17.7 Å². The largest absolute Gasteiger partial charge is 0.382 e. The summed E-state index contributed by atoms with van der Waals surface area (Å²) in [5, 5.41) is 0.350. The number of nitrogens with two attached hydrogens (primary N) is 1. The highest BCUT2D eigenvalue weighted by atomic mass is 35.5. The Labute approximate surface area is 130 Å². The minimum atomic E-state index is -3.56. The lowest BCUT2D eigenvalue weighted by atomic mass is 10.2. The van der Waals surface area contributed by atoms with E-state index in [2.05, 4.69) is 4.72 Å². The van der Waals surface area contributed by atoms with E-state index in [1.165, 1.54) is 12.1 Å². The van der Waals surface area contributed by atoms with E-state index in [-0.39, 0.29) is 11.4 Å². The molecule has 0 heterocycles. The van der Waals surface area contributed by atoms with E-state index in [0.717, 1.165) is 0 Å². The van der Waals surface area contributed by atoms with Gasteiger partial charge in [0.2, 0.25) is 10.0 Å². The molecule has 0 aliphatic rings. The van der Waals surface area contributed by atoms with Crippen molar-refractivity contribution in [3.05, 3.63) is 28.8 Å². The van der Waals surface area contributed by atoms with Crippen molar-refractivity contribution in [3.63, 3.8) is 0 Å². The Morgan fingerprint density at radius 2 is 2.05 bits per heavy atom. The van der Waals surface area contributed by atoms with Crippen molar-refractivity contribution < 1.29 is 17.9 Å². The number of ether oxygens (including phenoxy) is 2. The van der Waals surface area contributed by atoms with Crippen LogP contribution in [0, 0.1) is 0 Å². The molecule has 6 nitrogen and oxygen atoms in total. The molecule has 8 heteroatoms. The molecular formula is C13H21ClN2O4S. The number of sulfonamides is 1. The van der Waals surface area contributed by atoms with Gasteiger partial charge >= 0.3 is 0 Å². The first-order valence-corrected chi connectivity index (χ1v) is 8.42. The average molecular weight is 337 g/mol. The Morgan fingerprint density at radius 1 is 1.29 bits per heavy atom. The summed E-state index contributed by atoms with van der Waals surface area (Å²) < 4.78 is 36.7. The summed E-state index contributed by atoms with van der Waals surface area (Å²) in [4.78, 5) is 0.130. The molecule has 0 aromatic heterocycles. The summed E-state index contributed by atoms with van der Waals surface area (Å²) in [6, 6.07) is 4.51. The molecule has 0 unspecified atom stereocenters. The van der Waals surface area contributed by atoms with Crippen LogP contribution in [0.4, 0.5) is 0 Å². The van der Waals surface area contributed by atoms with Gasteiger partial charge in [0, 0.05) is 31.8 Å². The predicted molar refractivity (Wildman–Crippen MR) is 81.8 cm³/mol. The van der Waals surface area contributed by atoms with Crippen molar-refractivity contribution in [1.82, 2.24) is 4.72 Å². The molecule has 0 saturated carbocycles. The van der Waals surface area contributed by atoms with Crippen molar-refractivity contribution >= 4 is 21.6 Å². The van der Waals surface area contributed by atoms with E-state index in [4.69, 9.17) is 26.8 Å². The van der Waals surface area contributed by atoms with Crippen molar-refractivity contribution in [2.45, 2.75) is 17.9 Å². The number of halogens is 1. The second-order valence-electron chi connectivity index (χ2n) is 4.31. The SMILES string of the molecule is COCCOCCCNS(=O)(=O)c1ccc(CN)c(Cl)c1. The molecule has 1 aromatic carbocycles. The van der Waals surface area contributed by atoms with Gasteiger partial charge < -0.3 is 15.2 Å². The van der Waals surface area contributed by atoms with Crippen LogP contribution in [0.3, 0.4) is 0 Å². The number of hydrogen-bond acceptors (Lipinski definition) is 5. The first-order valence-electron chi connectivity index (χ1n) is 6.56. The van der Waals surface area contributed by atoms with Gasteiger partial charge in [0.1, 0.15) is 0 Å². The topological polar surface area (TPSA) is 90.6 Å². The molecule has 0 radical (unpaired) electrons. The van der Waals surface area contributed by atoms with Gasteiger partial charge in [-0.05, 0) is 24.1 Å². The molecule has 0 aliphatic heterocycles. The molecule has 1 aromatic rings. The second-order valence-corrected chi connectivity index (χ2v) is 6.49. The lowest BCUT2D eigenvalue weighted by Gasteiger charge is -2.09. The fourth-order valence-corrected chi connectivity index (χ4v) is 2.99. The zero-order chi connectivity index (χ0) is 15.7. The molecular weight excluding hydrogens is 316 g/mol. The van der Waals surface area contributed by atoms with Gasteiger partial charge in [0.05, 0.1) is 18.1 Å². The minimum Gasteiger partial charge on any atom is -0.382 e. The fourth-order valence-electron chi connectivity index (χ4n) is 1.57. The van der Waals surface area contributed by atoms with Crippen LogP contribution >= 0.6 is 11.6 Å². The van der Waals surface area contributed by atoms with Crippen molar-refractivity contribution in [3.8, 4) is 0 Å². The molecule has 3 N–H and O–H groups in total. The number of hydrogen-bond donors (Lipinski definition) is 2. The van der Waals surface area contributed by atoms with Crippen molar-refractivity contribution in [2.24, 2.45) is 5.73 Å². The van der Waals surface area contributed by atoms with Gasteiger partial charge in [-0.3, -0.25) is 0 Å². The van der Waals surface area contributed by atoms with Gasteiger partial charge in [-0.15, -0.1) is 0 Å². The van der Waals surface area contributed by atoms with Crippen LogP contribution in [0.1, 0.15) is 12.0 Å². The van der Waals surface area contributed by atoms with Gasteiger partial charge in [0.15, 0.2) is 0 Å². The normalized spacial score (nSPS) is 11.8. The van der Waals surface area contributed by atoms with Crippen LogP contribution in [-0.2, 0) is 26.0 Å². The first-order chi connectivity index (χ1) is 10.0. The highest BCUT2D eigenvalue weighted by Gasteiger charge is 2.14. The number of nitrogens with one attached hydrogen (secondary N) is 1. The van der Waals surface area contributed by atoms with Crippen LogP contribution < -0.4 is 10.5 Å². The molecule has 21 heavy (non-hydrogen) atoms. The fraction of sp³-hybridized carbons (Fsp3) is 0.538. The average Bonchev–Trinajstić information content (AvgIpc) is 2.46. The molecule has 0 bridgehead atoms. The monoisotopic (exact) mass is 336 g/mol. The highest BCUT2D eigenvalue weighted by molar-refractivity contribution is 7.89. The van der Waals surface area contributed by atoms with Gasteiger partial charge in [-0.2, -0.15) is 0 Å². The maximum absolute atomic E-state index is 12.1. The maximum Gasteiger partial charge on any atom is 0.240 e. The smallest absolute Gasteiger partial charge is 0.240 e. The van der Waals surface area contributed by atoms with Crippen molar-refractivity contribution in [1.29, 1.82) is 0 Å². The Kier molecular flexibility index (Phi) is 8.16. The Hall–Kier alpha value is -0.700. The van der Waals surface area contributed by atoms with Crippen LogP contribution in [0.2, 0.25) is 5.02 Å². The zero-order valence-electron chi connectivity index (χ0n) is 12.0. The molecule has 0 atom stereocenters. The summed E-state index contributed by atoms with van der Waals surface area (Å²) in [6.45, 7) is 2.06. The van der Waals surface area contributed by atoms with Crippen LogP contribution in [0.25, 0.3) is 0 Å². The summed E-state index contributed by atoms with van der Waals surface area (Å²) in [5.41, 5.74) is 6.20. The Bertz CT molecular complexity index is 537. The third-order valence-corrected chi connectivity index (χ3v) is 4.55. The molecule has 1 rings (SSSR count). The minimum absolute atomic E-state index is 0.130. The van der Waals surface area contributed by atoms with Gasteiger partial charge in [0.25, 0.3) is 0 Å². The van der Waals surface area contributed by atoms with Crippen LogP contribution in [0.5, 0.6) is 0 Å². The molecule has 120 valence electrons. The third-order valence-electron chi connectivity index (χ3n) is 2.74. The summed E-state index contributed by atoms with van der Waals surface area (Å²) in [7, 11) is -1.96. The van der Waals surface area contributed by atoms with E-state index in [0.29, 0.717) is 43.4 Å². The van der Waals surface area contributed by atoms with Gasteiger partial charge in [-0.25, -0.2) is 13.1 Å². The van der Waals surface area contributed by atoms with E-state index < -0.39 is 10.0 Å². The summed E-state index contributed by atoms with van der Waals surface area (Å²) in [5.74, 6) is 0. The van der Waals surface area contributed by atoms with E-state index in [9.17, 15) is 8.42 Å². The lowest BCUT2D eigenvalue weighted by Crippen LogP contribution is -2.25. The standard InChI is InChI=1S/C13H21ClN2O4S/c1-19-7-8-20-6-2-5-16-21(17,18)12-4-3-11(10-15)13(14)9-12/h3-4,9,16H,2,5-8,10,15H2,1H3. The molecule has 0 saturated heterocycles. The number of methoxy groups -OCH3 is 1. The first kappa shape index (κ1) is 18.3. The quantitative estimate of drug-likeness (QED) is 0.625. The number of benzene rings is 1. The molecule has 0 spiro atoms. The van der Waals surface area contributed by atoms with E-state index >= 15 is 0 Å². The summed E-state index contributed by atoms with van der Waals surface area (Å²) in [6.07, 6.45) is 0.581. The summed E-state index contributed by atoms with van der Waals surface area (Å²) >= 11 is 5.96. The molecule has 0 aliphatic carbocycles. The second kappa shape index (κ2) is 9.34. The Balaban J connectivity index is 2.45. The van der Waals surface area contributed by atoms with E-state index in [1.807, 2.05) is 0 Å². The highest BCUT2D eigenvalue weighted by Crippen LogP contribution is 2.20.